The van der Waals surface area contributed by atoms with Crippen LogP contribution in [0.1, 0.15) is 25.7 Å². The molecule has 0 radical (unpaired) electrons. The third kappa shape index (κ3) is 3.59. The molecular formula is C10H18N2O. The zero-order chi connectivity index (χ0) is 9.52. The van der Waals surface area contributed by atoms with E-state index in [1.807, 2.05) is 0 Å². The van der Waals surface area contributed by atoms with Gasteiger partial charge >= 0.3 is 0 Å². The number of carbonyl (C=O) groups is 1. The second-order valence-electron chi connectivity index (χ2n) is 3.41. The van der Waals surface area contributed by atoms with Gasteiger partial charge in [0.05, 0.1) is 0 Å². The molecule has 1 atom stereocenters. The molecule has 3 heteroatoms. The van der Waals surface area contributed by atoms with E-state index in [1.54, 1.807) is 0 Å². The summed E-state index contributed by atoms with van der Waals surface area (Å²) in [6.07, 6.45) is 8.03. The smallest absolute Gasteiger partial charge is 0.223 e. The third-order valence-electron chi connectivity index (χ3n) is 2.32. The van der Waals surface area contributed by atoms with Crippen LogP contribution in [0.5, 0.6) is 0 Å². The van der Waals surface area contributed by atoms with Crippen molar-refractivity contribution in [2.75, 3.05) is 13.1 Å². The normalized spacial score (nSPS) is 21.5. The first kappa shape index (κ1) is 10.3. The Balaban J connectivity index is 2.18. The van der Waals surface area contributed by atoms with Gasteiger partial charge in [-0.25, -0.2) is 0 Å². The van der Waals surface area contributed by atoms with Crippen molar-refractivity contribution >= 4 is 5.91 Å². The Labute approximate surface area is 79.4 Å². The van der Waals surface area contributed by atoms with Gasteiger partial charge in [-0.2, -0.15) is 0 Å². The van der Waals surface area contributed by atoms with E-state index in [0.29, 0.717) is 6.54 Å². The van der Waals surface area contributed by atoms with Crippen LogP contribution in [0.15, 0.2) is 12.2 Å². The van der Waals surface area contributed by atoms with Gasteiger partial charge in [-0.3, -0.25) is 4.79 Å². The maximum atomic E-state index is 11.5. The van der Waals surface area contributed by atoms with E-state index < -0.39 is 0 Å². The topological polar surface area (TPSA) is 55.1 Å². The van der Waals surface area contributed by atoms with Gasteiger partial charge in [-0.1, -0.05) is 12.2 Å². The lowest BCUT2D eigenvalue weighted by Crippen LogP contribution is -2.32. The van der Waals surface area contributed by atoms with Gasteiger partial charge in [0.1, 0.15) is 0 Å². The number of hydrogen-bond acceptors (Lipinski definition) is 2. The van der Waals surface area contributed by atoms with E-state index in [0.717, 1.165) is 32.2 Å². The summed E-state index contributed by atoms with van der Waals surface area (Å²) in [5.41, 5.74) is 5.33. The van der Waals surface area contributed by atoms with Crippen LogP contribution in [-0.4, -0.2) is 19.0 Å². The van der Waals surface area contributed by atoms with E-state index >= 15 is 0 Å². The number of rotatable bonds is 4. The van der Waals surface area contributed by atoms with Crippen molar-refractivity contribution in [3.8, 4) is 0 Å². The van der Waals surface area contributed by atoms with Gasteiger partial charge in [-0.15, -0.1) is 0 Å². The van der Waals surface area contributed by atoms with Gasteiger partial charge in [0.25, 0.3) is 0 Å². The molecule has 0 aliphatic heterocycles. The summed E-state index contributed by atoms with van der Waals surface area (Å²) in [6.45, 7) is 1.36. The van der Waals surface area contributed by atoms with E-state index in [2.05, 4.69) is 17.5 Å². The lowest BCUT2D eigenvalue weighted by atomic mass is 9.94. The fourth-order valence-electron chi connectivity index (χ4n) is 1.49. The summed E-state index contributed by atoms with van der Waals surface area (Å²) in [5, 5.41) is 2.90. The van der Waals surface area contributed by atoms with Crippen LogP contribution < -0.4 is 11.1 Å². The largest absolute Gasteiger partial charge is 0.356 e. The zero-order valence-electron chi connectivity index (χ0n) is 7.96. The molecule has 0 aromatic rings. The lowest BCUT2D eigenvalue weighted by molar-refractivity contribution is -0.125. The Morgan fingerprint density at radius 1 is 1.54 bits per heavy atom. The number of nitrogens with one attached hydrogen (secondary N) is 1. The van der Waals surface area contributed by atoms with Gasteiger partial charge in [0, 0.05) is 12.5 Å². The van der Waals surface area contributed by atoms with E-state index in [-0.39, 0.29) is 11.8 Å². The maximum Gasteiger partial charge on any atom is 0.223 e. The summed E-state index contributed by atoms with van der Waals surface area (Å²) in [7, 11) is 0. The molecule has 0 saturated heterocycles. The second-order valence-corrected chi connectivity index (χ2v) is 3.41. The van der Waals surface area contributed by atoms with Crippen LogP contribution in [0, 0.1) is 5.92 Å². The monoisotopic (exact) mass is 182 g/mol. The fraction of sp³-hybridized carbons (Fsp3) is 0.700. The average molecular weight is 182 g/mol. The predicted octanol–water partition coefficient (Wildman–Crippen LogP) is 0.808. The molecule has 0 saturated carbocycles. The quantitative estimate of drug-likeness (QED) is 0.499. The first-order chi connectivity index (χ1) is 6.34. The molecule has 0 aromatic heterocycles. The number of nitrogens with two attached hydrogens (primary N) is 1. The van der Waals surface area contributed by atoms with Crippen molar-refractivity contribution < 1.29 is 4.79 Å². The van der Waals surface area contributed by atoms with Crippen LogP contribution in [0.25, 0.3) is 0 Å². The van der Waals surface area contributed by atoms with Crippen molar-refractivity contribution in [2.24, 2.45) is 11.7 Å². The molecule has 0 fully saturated rings. The molecule has 1 amide bonds. The Bertz CT molecular complexity index is 189. The highest BCUT2D eigenvalue weighted by atomic mass is 16.1. The standard InChI is InChI=1S/C10H18N2O/c11-7-4-8-12-10(13)9-5-2-1-3-6-9/h1-2,9H,3-8,11H2,(H,12,13). The molecule has 1 rings (SSSR count). The minimum absolute atomic E-state index is 0.192. The van der Waals surface area contributed by atoms with Crippen molar-refractivity contribution in [2.45, 2.75) is 25.7 Å². The molecule has 74 valence electrons. The van der Waals surface area contributed by atoms with Crippen LogP contribution >= 0.6 is 0 Å². The lowest BCUT2D eigenvalue weighted by Gasteiger charge is -2.16. The van der Waals surface area contributed by atoms with Crippen LogP contribution in [0.2, 0.25) is 0 Å². The molecule has 3 nitrogen and oxygen atoms in total. The molecule has 0 spiro atoms. The Morgan fingerprint density at radius 3 is 3.00 bits per heavy atom. The second kappa shape index (κ2) is 5.75. The maximum absolute atomic E-state index is 11.5. The molecule has 1 aliphatic rings. The third-order valence-corrected chi connectivity index (χ3v) is 2.32. The van der Waals surface area contributed by atoms with Crippen LogP contribution in [-0.2, 0) is 4.79 Å². The minimum Gasteiger partial charge on any atom is -0.356 e. The highest BCUT2D eigenvalue weighted by molar-refractivity contribution is 5.78. The highest BCUT2D eigenvalue weighted by Crippen LogP contribution is 2.17. The SMILES string of the molecule is NCCCNC(=O)C1CC=CCC1. The van der Waals surface area contributed by atoms with Crippen molar-refractivity contribution in [1.82, 2.24) is 5.32 Å². The zero-order valence-corrected chi connectivity index (χ0v) is 7.96. The van der Waals surface area contributed by atoms with Gasteiger partial charge < -0.3 is 11.1 Å². The summed E-state index contributed by atoms with van der Waals surface area (Å²) in [5.74, 6) is 0.389. The molecule has 0 bridgehead atoms. The molecule has 1 unspecified atom stereocenters. The number of allylic oxidation sites excluding steroid dienone is 2. The molecule has 0 aromatic carbocycles. The van der Waals surface area contributed by atoms with E-state index in [9.17, 15) is 4.79 Å². The predicted molar refractivity (Wildman–Crippen MR) is 53.2 cm³/mol. The first-order valence-electron chi connectivity index (χ1n) is 4.97. The minimum atomic E-state index is 0.192. The summed E-state index contributed by atoms with van der Waals surface area (Å²) < 4.78 is 0. The van der Waals surface area contributed by atoms with Crippen LogP contribution in [0.3, 0.4) is 0 Å². The van der Waals surface area contributed by atoms with E-state index in [4.69, 9.17) is 5.73 Å². The number of carbonyl (C=O) groups excluding carboxylic acids is 1. The molecule has 1 aliphatic carbocycles. The summed E-state index contributed by atoms with van der Waals surface area (Å²) >= 11 is 0. The van der Waals surface area contributed by atoms with Crippen LogP contribution in [0.4, 0.5) is 0 Å². The highest BCUT2D eigenvalue weighted by Gasteiger charge is 2.17. The van der Waals surface area contributed by atoms with Crippen molar-refractivity contribution in [3.63, 3.8) is 0 Å². The Morgan fingerprint density at radius 2 is 2.38 bits per heavy atom. The molecular weight excluding hydrogens is 164 g/mol. The Kier molecular flexibility index (Phi) is 4.54. The van der Waals surface area contributed by atoms with Gasteiger partial charge in [0.15, 0.2) is 0 Å². The average Bonchev–Trinajstić information content (AvgIpc) is 2.19. The summed E-state index contributed by atoms with van der Waals surface area (Å²) in [4.78, 5) is 11.5. The number of hydrogen-bond donors (Lipinski definition) is 2. The van der Waals surface area contributed by atoms with Crippen molar-refractivity contribution in [3.05, 3.63) is 12.2 Å². The fourth-order valence-corrected chi connectivity index (χ4v) is 1.49. The van der Waals surface area contributed by atoms with Gasteiger partial charge in [-0.05, 0) is 32.2 Å². The first-order valence-corrected chi connectivity index (χ1v) is 4.97. The van der Waals surface area contributed by atoms with E-state index in [1.165, 1.54) is 0 Å². The van der Waals surface area contributed by atoms with Crippen molar-refractivity contribution in [1.29, 1.82) is 0 Å². The summed E-state index contributed by atoms with van der Waals surface area (Å²) in [6, 6.07) is 0. The Hall–Kier alpha value is -0.830. The molecule has 3 N–H and O–H groups in total. The number of amides is 1. The molecule has 13 heavy (non-hydrogen) atoms. The molecule has 0 heterocycles. The van der Waals surface area contributed by atoms with Gasteiger partial charge in [0.2, 0.25) is 5.91 Å².